The number of thiazole rings is 1. The first-order valence-electron chi connectivity index (χ1n) is 9.92. The van der Waals surface area contributed by atoms with E-state index in [4.69, 9.17) is 4.74 Å². The molecule has 1 aliphatic heterocycles. The molecule has 2 heterocycles. The number of ether oxygens (including phenoxy) is 1. The Morgan fingerprint density at radius 1 is 1.25 bits per heavy atom. The summed E-state index contributed by atoms with van der Waals surface area (Å²) in [6, 6.07) is 8.24. The standard InChI is InChI=1S/C21H29N3O3S/c1-21(2,3)27-20(26)24-13-11-15(12-14-24)22-18(25)9-6-10-19-23-16-7-4-5-8-17(16)28-19/h4-5,7-8,15H,6,9-14H2,1-3H3,(H,22,25). The number of fused-ring (bicyclic) bond motifs is 1. The quantitative estimate of drug-likeness (QED) is 0.815. The van der Waals surface area contributed by atoms with E-state index < -0.39 is 5.60 Å². The van der Waals surface area contributed by atoms with Gasteiger partial charge in [0, 0.05) is 25.6 Å². The van der Waals surface area contributed by atoms with Crippen LogP contribution in [0.4, 0.5) is 4.79 Å². The molecule has 0 radical (unpaired) electrons. The first kappa shape index (κ1) is 20.6. The molecule has 0 spiro atoms. The molecule has 0 saturated carbocycles. The van der Waals surface area contributed by atoms with Crippen molar-refractivity contribution in [3.05, 3.63) is 29.3 Å². The fourth-order valence-corrected chi connectivity index (χ4v) is 4.27. The Morgan fingerprint density at radius 2 is 1.96 bits per heavy atom. The smallest absolute Gasteiger partial charge is 0.410 e. The molecule has 1 fully saturated rings. The molecule has 0 atom stereocenters. The highest BCUT2D eigenvalue weighted by molar-refractivity contribution is 7.18. The van der Waals surface area contributed by atoms with Crippen molar-refractivity contribution in [1.29, 1.82) is 0 Å². The summed E-state index contributed by atoms with van der Waals surface area (Å²) >= 11 is 1.70. The second kappa shape index (κ2) is 8.90. The highest BCUT2D eigenvalue weighted by Gasteiger charge is 2.27. The maximum absolute atomic E-state index is 12.2. The predicted octanol–water partition coefficient (Wildman–Crippen LogP) is 4.13. The fraction of sp³-hybridized carbons (Fsp3) is 0.571. The second-order valence-electron chi connectivity index (χ2n) is 8.24. The lowest BCUT2D eigenvalue weighted by atomic mass is 10.0. The van der Waals surface area contributed by atoms with Gasteiger partial charge in [-0.2, -0.15) is 0 Å². The van der Waals surface area contributed by atoms with E-state index in [1.807, 2.05) is 39.0 Å². The van der Waals surface area contributed by atoms with E-state index in [2.05, 4.69) is 16.4 Å². The minimum absolute atomic E-state index is 0.0804. The number of aryl methyl sites for hydroxylation is 1. The van der Waals surface area contributed by atoms with Crippen LogP contribution in [-0.4, -0.2) is 46.6 Å². The molecule has 1 saturated heterocycles. The summed E-state index contributed by atoms with van der Waals surface area (Å²) in [6.45, 7) is 6.84. The van der Waals surface area contributed by atoms with Crippen molar-refractivity contribution in [3.63, 3.8) is 0 Å². The van der Waals surface area contributed by atoms with Crippen LogP contribution in [-0.2, 0) is 16.0 Å². The number of amides is 2. The normalized spacial score (nSPS) is 15.6. The highest BCUT2D eigenvalue weighted by Crippen LogP contribution is 2.22. The van der Waals surface area contributed by atoms with E-state index in [1.54, 1.807) is 16.2 Å². The van der Waals surface area contributed by atoms with Gasteiger partial charge >= 0.3 is 6.09 Å². The van der Waals surface area contributed by atoms with Gasteiger partial charge in [-0.3, -0.25) is 4.79 Å². The number of likely N-dealkylation sites (tertiary alicyclic amines) is 1. The highest BCUT2D eigenvalue weighted by atomic mass is 32.1. The minimum Gasteiger partial charge on any atom is -0.444 e. The number of rotatable bonds is 5. The molecule has 0 unspecified atom stereocenters. The number of piperidine rings is 1. The largest absolute Gasteiger partial charge is 0.444 e. The molecule has 2 aromatic rings. The lowest BCUT2D eigenvalue weighted by molar-refractivity contribution is -0.122. The molecule has 2 amide bonds. The van der Waals surface area contributed by atoms with E-state index in [-0.39, 0.29) is 18.0 Å². The molecule has 1 aliphatic rings. The lowest BCUT2D eigenvalue weighted by Crippen LogP contribution is -2.47. The summed E-state index contributed by atoms with van der Waals surface area (Å²) < 4.78 is 6.60. The number of aromatic nitrogens is 1. The molecule has 7 heteroatoms. The van der Waals surface area contributed by atoms with Crippen LogP contribution in [0.1, 0.15) is 51.5 Å². The zero-order valence-electron chi connectivity index (χ0n) is 16.9. The first-order chi connectivity index (χ1) is 13.3. The van der Waals surface area contributed by atoms with Gasteiger partial charge in [0.15, 0.2) is 0 Å². The molecular formula is C21H29N3O3S. The van der Waals surface area contributed by atoms with E-state index in [1.165, 1.54) is 4.70 Å². The molecule has 1 aromatic heterocycles. The van der Waals surface area contributed by atoms with Crippen LogP contribution in [0.25, 0.3) is 10.2 Å². The number of nitrogens with zero attached hydrogens (tertiary/aromatic N) is 2. The Labute approximate surface area is 170 Å². The number of carbonyl (C=O) groups is 2. The summed E-state index contributed by atoms with van der Waals surface area (Å²) in [4.78, 5) is 30.7. The topological polar surface area (TPSA) is 71.5 Å². The number of hydrogen-bond donors (Lipinski definition) is 1. The number of carbonyl (C=O) groups excluding carboxylic acids is 2. The molecule has 0 bridgehead atoms. The lowest BCUT2D eigenvalue weighted by Gasteiger charge is -2.33. The second-order valence-corrected chi connectivity index (χ2v) is 9.35. The Balaban J connectivity index is 1.36. The molecule has 152 valence electrons. The van der Waals surface area contributed by atoms with Gasteiger partial charge < -0.3 is 15.0 Å². The van der Waals surface area contributed by atoms with E-state index in [0.29, 0.717) is 19.5 Å². The van der Waals surface area contributed by atoms with E-state index in [0.717, 1.165) is 36.2 Å². The van der Waals surface area contributed by atoms with Gasteiger partial charge in [0.2, 0.25) is 5.91 Å². The van der Waals surface area contributed by atoms with Crippen LogP contribution in [0.3, 0.4) is 0 Å². The zero-order chi connectivity index (χ0) is 20.1. The van der Waals surface area contributed by atoms with Crippen molar-refractivity contribution in [2.45, 2.75) is 64.5 Å². The average molecular weight is 404 g/mol. The van der Waals surface area contributed by atoms with Crippen molar-refractivity contribution in [3.8, 4) is 0 Å². The minimum atomic E-state index is -0.481. The third-order valence-electron chi connectivity index (χ3n) is 4.64. The Bertz CT molecular complexity index is 787. The fourth-order valence-electron chi connectivity index (χ4n) is 3.26. The van der Waals surface area contributed by atoms with Gasteiger partial charge in [-0.25, -0.2) is 9.78 Å². The van der Waals surface area contributed by atoms with E-state index in [9.17, 15) is 9.59 Å². The summed E-state index contributed by atoms with van der Waals surface area (Å²) in [7, 11) is 0. The van der Waals surface area contributed by atoms with Gasteiger partial charge in [-0.1, -0.05) is 12.1 Å². The number of hydrogen-bond acceptors (Lipinski definition) is 5. The molecule has 28 heavy (non-hydrogen) atoms. The van der Waals surface area contributed by atoms with Gasteiger partial charge in [-0.15, -0.1) is 11.3 Å². The van der Waals surface area contributed by atoms with Gasteiger partial charge in [0.05, 0.1) is 15.2 Å². The van der Waals surface area contributed by atoms with Crippen molar-refractivity contribution >= 4 is 33.6 Å². The first-order valence-corrected chi connectivity index (χ1v) is 10.7. The van der Waals surface area contributed by atoms with Crippen molar-refractivity contribution in [1.82, 2.24) is 15.2 Å². The van der Waals surface area contributed by atoms with E-state index >= 15 is 0 Å². The number of para-hydroxylation sites is 1. The molecule has 0 aliphatic carbocycles. The zero-order valence-corrected chi connectivity index (χ0v) is 17.7. The summed E-state index contributed by atoms with van der Waals surface area (Å²) in [5.74, 6) is 0.0804. The average Bonchev–Trinajstić information content (AvgIpc) is 3.03. The van der Waals surface area contributed by atoms with Gasteiger partial charge in [-0.05, 0) is 58.6 Å². The third-order valence-corrected chi connectivity index (χ3v) is 5.74. The number of nitrogens with one attached hydrogen (secondary N) is 1. The van der Waals surface area contributed by atoms with Crippen LogP contribution < -0.4 is 5.32 Å². The van der Waals surface area contributed by atoms with Gasteiger partial charge in [0.25, 0.3) is 0 Å². The van der Waals surface area contributed by atoms with Crippen LogP contribution in [0.2, 0.25) is 0 Å². The van der Waals surface area contributed by atoms with Crippen LogP contribution >= 0.6 is 11.3 Å². The molecule has 1 aromatic carbocycles. The van der Waals surface area contributed by atoms with Crippen molar-refractivity contribution in [2.75, 3.05) is 13.1 Å². The predicted molar refractivity (Wildman–Crippen MR) is 112 cm³/mol. The molecule has 6 nitrogen and oxygen atoms in total. The summed E-state index contributed by atoms with van der Waals surface area (Å²) in [5.41, 5.74) is 0.550. The monoisotopic (exact) mass is 403 g/mol. The summed E-state index contributed by atoms with van der Waals surface area (Å²) in [6.07, 6.45) is 3.38. The van der Waals surface area contributed by atoms with Crippen molar-refractivity contribution < 1.29 is 14.3 Å². The third kappa shape index (κ3) is 5.92. The maximum atomic E-state index is 12.2. The maximum Gasteiger partial charge on any atom is 0.410 e. The van der Waals surface area contributed by atoms with Crippen LogP contribution in [0.15, 0.2) is 24.3 Å². The Hall–Kier alpha value is -2.15. The van der Waals surface area contributed by atoms with Crippen LogP contribution in [0.5, 0.6) is 0 Å². The Morgan fingerprint density at radius 3 is 2.64 bits per heavy atom. The molecular weight excluding hydrogens is 374 g/mol. The van der Waals surface area contributed by atoms with Crippen LogP contribution in [0, 0.1) is 0 Å². The number of benzene rings is 1. The van der Waals surface area contributed by atoms with Crippen molar-refractivity contribution in [2.24, 2.45) is 0 Å². The Kier molecular flexibility index (Phi) is 6.54. The van der Waals surface area contributed by atoms with Gasteiger partial charge in [0.1, 0.15) is 5.60 Å². The molecule has 3 rings (SSSR count). The SMILES string of the molecule is CC(C)(C)OC(=O)N1CCC(NC(=O)CCCc2nc3ccccc3s2)CC1. The molecule has 1 N–H and O–H groups in total. The summed E-state index contributed by atoms with van der Waals surface area (Å²) in [5, 5.41) is 4.19.